The minimum Gasteiger partial charge on any atom is -0.492 e. The minimum atomic E-state index is -0.334. The summed E-state index contributed by atoms with van der Waals surface area (Å²) in [5, 5.41) is 2.83. The first-order valence-corrected chi connectivity index (χ1v) is 9.69. The molecule has 2 aromatic carbocycles. The Kier molecular flexibility index (Phi) is 7.16. The van der Waals surface area contributed by atoms with Crippen molar-refractivity contribution in [2.45, 2.75) is 19.3 Å². The van der Waals surface area contributed by atoms with Gasteiger partial charge in [0.15, 0.2) is 0 Å². The highest BCUT2D eigenvalue weighted by molar-refractivity contribution is 5.83. The summed E-state index contributed by atoms with van der Waals surface area (Å²) in [5.74, 6) is -0.466. The van der Waals surface area contributed by atoms with Gasteiger partial charge in [0.1, 0.15) is 24.0 Å². The second-order valence-corrected chi connectivity index (χ2v) is 7.05. The standard InChI is InChI=1S/C22H24F2N2O3/c23-18-5-7-20(8-6-18)29-13-11-25-22(28)17-4-9-21(27)26(15-17)12-10-16-2-1-3-19(24)14-16/h1-3,5-8,14,17H,4,9-13,15H2,(H,25,28). The largest absolute Gasteiger partial charge is 0.492 e. The SMILES string of the molecule is O=C(NCCOc1ccc(F)cc1)C1CCC(=O)N(CCc2cccc(F)c2)C1. The van der Waals surface area contributed by atoms with E-state index in [-0.39, 0.29) is 36.0 Å². The summed E-state index contributed by atoms with van der Waals surface area (Å²) >= 11 is 0. The molecule has 0 spiro atoms. The minimum absolute atomic E-state index is 0.0186. The molecule has 2 amide bonds. The molecule has 154 valence electrons. The number of hydrogen-bond acceptors (Lipinski definition) is 3. The Morgan fingerprint density at radius 2 is 1.93 bits per heavy atom. The lowest BCUT2D eigenvalue weighted by Gasteiger charge is -2.32. The van der Waals surface area contributed by atoms with Crippen molar-refractivity contribution >= 4 is 11.8 Å². The maximum Gasteiger partial charge on any atom is 0.225 e. The molecule has 3 rings (SSSR count). The van der Waals surface area contributed by atoms with Crippen LogP contribution >= 0.6 is 0 Å². The zero-order valence-corrected chi connectivity index (χ0v) is 16.1. The van der Waals surface area contributed by atoms with Crippen molar-refractivity contribution in [1.29, 1.82) is 0 Å². The molecule has 2 aromatic rings. The average molecular weight is 402 g/mol. The van der Waals surface area contributed by atoms with E-state index in [4.69, 9.17) is 4.74 Å². The number of amides is 2. The number of hydrogen-bond donors (Lipinski definition) is 1. The predicted molar refractivity (Wildman–Crippen MR) is 104 cm³/mol. The molecule has 0 bridgehead atoms. The molecule has 0 saturated carbocycles. The molecule has 0 radical (unpaired) electrons. The lowest BCUT2D eigenvalue weighted by atomic mass is 9.96. The summed E-state index contributed by atoms with van der Waals surface area (Å²) in [5.41, 5.74) is 0.822. The fourth-order valence-electron chi connectivity index (χ4n) is 3.32. The molecule has 1 aliphatic heterocycles. The van der Waals surface area contributed by atoms with Crippen LogP contribution in [-0.2, 0) is 16.0 Å². The summed E-state index contributed by atoms with van der Waals surface area (Å²) in [4.78, 5) is 26.3. The van der Waals surface area contributed by atoms with Gasteiger partial charge in [-0.1, -0.05) is 12.1 Å². The summed E-state index contributed by atoms with van der Waals surface area (Å²) in [6.07, 6.45) is 1.39. The molecule has 1 heterocycles. The molecule has 1 aliphatic rings. The van der Waals surface area contributed by atoms with Gasteiger partial charge in [-0.05, 0) is 54.8 Å². The van der Waals surface area contributed by atoms with Crippen molar-refractivity contribution < 1.29 is 23.1 Å². The first-order valence-electron chi connectivity index (χ1n) is 9.69. The summed E-state index contributed by atoms with van der Waals surface area (Å²) in [7, 11) is 0. The Morgan fingerprint density at radius 3 is 2.69 bits per heavy atom. The van der Waals surface area contributed by atoms with Crippen LogP contribution in [0.5, 0.6) is 5.75 Å². The maximum atomic E-state index is 13.3. The van der Waals surface area contributed by atoms with Gasteiger partial charge in [-0.2, -0.15) is 0 Å². The Labute approximate surface area is 168 Å². The lowest BCUT2D eigenvalue weighted by molar-refractivity contribution is -0.138. The topological polar surface area (TPSA) is 58.6 Å². The van der Waals surface area contributed by atoms with Gasteiger partial charge in [0.25, 0.3) is 0 Å². The van der Waals surface area contributed by atoms with E-state index in [1.54, 1.807) is 11.0 Å². The zero-order valence-electron chi connectivity index (χ0n) is 16.1. The first kappa shape index (κ1) is 20.8. The summed E-state index contributed by atoms with van der Waals surface area (Å²) in [6, 6.07) is 12.0. The van der Waals surface area contributed by atoms with E-state index in [2.05, 4.69) is 5.32 Å². The predicted octanol–water partition coefficient (Wildman–Crippen LogP) is 2.94. The van der Waals surface area contributed by atoms with Gasteiger partial charge in [-0.25, -0.2) is 8.78 Å². The molecule has 0 aliphatic carbocycles. The van der Waals surface area contributed by atoms with Crippen molar-refractivity contribution in [2.24, 2.45) is 5.92 Å². The van der Waals surface area contributed by atoms with E-state index in [1.165, 1.54) is 36.4 Å². The number of benzene rings is 2. The highest BCUT2D eigenvalue weighted by atomic mass is 19.1. The van der Waals surface area contributed by atoms with E-state index < -0.39 is 0 Å². The number of ether oxygens (including phenoxy) is 1. The fourth-order valence-corrected chi connectivity index (χ4v) is 3.32. The summed E-state index contributed by atoms with van der Waals surface area (Å²) < 4.78 is 31.6. The number of carbonyl (C=O) groups is 2. The van der Waals surface area contributed by atoms with E-state index in [1.807, 2.05) is 6.07 Å². The van der Waals surface area contributed by atoms with E-state index in [0.717, 1.165) is 5.56 Å². The molecule has 0 aromatic heterocycles. The van der Waals surface area contributed by atoms with E-state index in [0.29, 0.717) is 44.6 Å². The van der Waals surface area contributed by atoms with Gasteiger partial charge in [-0.15, -0.1) is 0 Å². The molecule has 1 atom stereocenters. The first-order chi connectivity index (χ1) is 14.0. The van der Waals surface area contributed by atoms with Crippen LogP contribution in [0, 0.1) is 17.6 Å². The van der Waals surface area contributed by atoms with E-state index in [9.17, 15) is 18.4 Å². The Hall–Kier alpha value is -2.96. The Morgan fingerprint density at radius 1 is 1.14 bits per heavy atom. The number of piperidine rings is 1. The summed E-state index contributed by atoms with van der Waals surface area (Å²) in [6.45, 7) is 1.41. The number of halogens is 2. The van der Waals surface area contributed by atoms with Gasteiger partial charge in [0, 0.05) is 19.5 Å². The normalized spacial score (nSPS) is 16.6. The van der Waals surface area contributed by atoms with Crippen molar-refractivity contribution in [3.05, 3.63) is 65.7 Å². The monoisotopic (exact) mass is 402 g/mol. The van der Waals surface area contributed by atoms with Gasteiger partial charge in [0.05, 0.1) is 12.5 Å². The van der Waals surface area contributed by atoms with Crippen LogP contribution in [0.3, 0.4) is 0 Å². The lowest BCUT2D eigenvalue weighted by Crippen LogP contribution is -2.46. The number of nitrogens with zero attached hydrogens (tertiary/aromatic N) is 1. The average Bonchev–Trinajstić information content (AvgIpc) is 2.72. The third-order valence-corrected chi connectivity index (χ3v) is 4.91. The Bertz CT molecular complexity index is 842. The molecular weight excluding hydrogens is 378 g/mol. The fraction of sp³-hybridized carbons (Fsp3) is 0.364. The molecule has 1 unspecified atom stereocenters. The third kappa shape index (κ3) is 6.27. The molecule has 29 heavy (non-hydrogen) atoms. The van der Waals surface area contributed by atoms with Crippen LogP contribution in [0.15, 0.2) is 48.5 Å². The number of likely N-dealkylation sites (tertiary alicyclic amines) is 1. The molecular formula is C22H24F2N2O3. The zero-order chi connectivity index (χ0) is 20.6. The number of nitrogens with one attached hydrogen (secondary N) is 1. The Balaban J connectivity index is 1.41. The molecule has 5 nitrogen and oxygen atoms in total. The van der Waals surface area contributed by atoms with Crippen LogP contribution < -0.4 is 10.1 Å². The van der Waals surface area contributed by atoms with Gasteiger partial charge in [0.2, 0.25) is 11.8 Å². The highest BCUT2D eigenvalue weighted by Gasteiger charge is 2.29. The number of rotatable bonds is 8. The van der Waals surface area contributed by atoms with Crippen molar-refractivity contribution in [2.75, 3.05) is 26.2 Å². The molecule has 1 fully saturated rings. The van der Waals surface area contributed by atoms with Gasteiger partial charge < -0.3 is 15.0 Å². The highest BCUT2D eigenvalue weighted by Crippen LogP contribution is 2.18. The maximum absolute atomic E-state index is 13.3. The van der Waals surface area contributed by atoms with Crippen LogP contribution in [0.2, 0.25) is 0 Å². The second kappa shape index (κ2) is 10.0. The van der Waals surface area contributed by atoms with Crippen molar-refractivity contribution in [1.82, 2.24) is 10.2 Å². The van der Waals surface area contributed by atoms with E-state index >= 15 is 0 Å². The van der Waals surface area contributed by atoms with Crippen LogP contribution in [0.1, 0.15) is 18.4 Å². The van der Waals surface area contributed by atoms with Crippen LogP contribution in [-0.4, -0.2) is 43.0 Å². The van der Waals surface area contributed by atoms with Crippen LogP contribution in [0.25, 0.3) is 0 Å². The molecule has 7 heteroatoms. The smallest absolute Gasteiger partial charge is 0.225 e. The third-order valence-electron chi connectivity index (χ3n) is 4.91. The van der Waals surface area contributed by atoms with Crippen LogP contribution in [0.4, 0.5) is 8.78 Å². The second-order valence-electron chi connectivity index (χ2n) is 7.05. The quantitative estimate of drug-likeness (QED) is 0.691. The van der Waals surface area contributed by atoms with Crippen molar-refractivity contribution in [3.63, 3.8) is 0 Å². The van der Waals surface area contributed by atoms with Gasteiger partial charge >= 0.3 is 0 Å². The van der Waals surface area contributed by atoms with Crippen molar-refractivity contribution in [3.8, 4) is 5.75 Å². The molecule has 1 saturated heterocycles. The number of carbonyl (C=O) groups excluding carboxylic acids is 2. The molecule has 1 N–H and O–H groups in total. The van der Waals surface area contributed by atoms with Gasteiger partial charge in [-0.3, -0.25) is 9.59 Å².